The Labute approximate surface area is 148 Å². The van der Waals surface area contributed by atoms with Crippen molar-refractivity contribution >= 4 is 5.91 Å². The Morgan fingerprint density at radius 2 is 1.88 bits per heavy atom. The molecule has 0 radical (unpaired) electrons. The minimum absolute atomic E-state index is 0.191. The minimum atomic E-state index is -0.408. The largest absolute Gasteiger partial charge is 0.497 e. The highest BCUT2D eigenvalue weighted by atomic mass is 16.5. The average Bonchev–Trinajstić information content (AvgIpc) is 2.89. The highest BCUT2D eigenvalue weighted by Crippen LogP contribution is 2.29. The number of carbonyl (C=O) groups excluding carboxylic acids is 1. The van der Waals surface area contributed by atoms with Crippen LogP contribution in [0.25, 0.3) is 0 Å². The van der Waals surface area contributed by atoms with Gasteiger partial charge in [-0.1, -0.05) is 0 Å². The molecule has 25 heavy (non-hydrogen) atoms. The number of nitrogens with zero attached hydrogens (tertiary/aromatic N) is 2. The molecular weight excluding hydrogens is 320 g/mol. The zero-order valence-corrected chi connectivity index (χ0v) is 16.0. The fourth-order valence-corrected chi connectivity index (χ4v) is 2.62. The number of hydrogen-bond donors (Lipinski definition) is 0. The number of amides is 1. The molecule has 0 atom stereocenters. The molecule has 0 unspecified atom stereocenters. The predicted octanol–water partition coefficient (Wildman–Crippen LogP) is 3.75. The number of aryl methyl sites for hydroxylation is 2. The molecule has 6 nitrogen and oxygen atoms in total. The van der Waals surface area contributed by atoms with Crippen LogP contribution in [0.3, 0.4) is 0 Å². The molecule has 1 heterocycles. The molecule has 1 aromatic heterocycles. The topological polar surface area (TPSA) is 64.8 Å². The minimum Gasteiger partial charge on any atom is -0.497 e. The third kappa shape index (κ3) is 4.13. The first-order valence-corrected chi connectivity index (χ1v) is 8.14. The molecule has 0 aliphatic heterocycles. The lowest BCUT2D eigenvalue weighted by Crippen LogP contribution is -2.45. The quantitative estimate of drug-likeness (QED) is 0.825. The van der Waals surface area contributed by atoms with E-state index in [9.17, 15) is 4.79 Å². The number of aromatic nitrogens is 1. The van der Waals surface area contributed by atoms with Gasteiger partial charge in [-0.25, -0.2) is 4.98 Å². The van der Waals surface area contributed by atoms with Gasteiger partial charge in [-0.05, 0) is 39.8 Å². The number of ether oxygens (including phenoxy) is 2. The van der Waals surface area contributed by atoms with Crippen molar-refractivity contribution in [1.29, 1.82) is 0 Å². The Bertz CT molecular complexity index is 759. The third-order valence-electron chi connectivity index (χ3n) is 3.98. The molecule has 1 amide bonds. The first-order chi connectivity index (χ1) is 11.7. The smallest absolute Gasteiger partial charge is 0.292 e. The maximum absolute atomic E-state index is 13.1. The van der Waals surface area contributed by atoms with Gasteiger partial charge in [0.15, 0.2) is 5.89 Å². The van der Waals surface area contributed by atoms with Gasteiger partial charge in [0.25, 0.3) is 5.91 Å². The molecule has 0 aliphatic carbocycles. The van der Waals surface area contributed by atoms with Gasteiger partial charge in [0.2, 0.25) is 5.76 Å². The monoisotopic (exact) mass is 346 g/mol. The van der Waals surface area contributed by atoms with Gasteiger partial charge < -0.3 is 18.8 Å². The van der Waals surface area contributed by atoms with E-state index in [-0.39, 0.29) is 11.7 Å². The van der Waals surface area contributed by atoms with Crippen LogP contribution in [0.4, 0.5) is 0 Å². The highest BCUT2D eigenvalue weighted by Gasteiger charge is 2.31. The van der Waals surface area contributed by atoms with Crippen LogP contribution in [0.2, 0.25) is 0 Å². The maximum atomic E-state index is 13.1. The lowest BCUT2D eigenvalue weighted by atomic mass is 10.0. The van der Waals surface area contributed by atoms with Crippen molar-refractivity contribution < 1.29 is 18.7 Å². The van der Waals surface area contributed by atoms with Crippen LogP contribution in [0.15, 0.2) is 22.6 Å². The molecule has 2 rings (SSSR count). The van der Waals surface area contributed by atoms with Gasteiger partial charge in [0.05, 0.1) is 26.5 Å². The summed E-state index contributed by atoms with van der Waals surface area (Å²) in [6.07, 6.45) is 0. The normalized spacial score (nSPS) is 11.3. The first kappa shape index (κ1) is 18.8. The lowest BCUT2D eigenvalue weighted by molar-refractivity contribution is 0.0521. The second kappa shape index (κ2) is 7.17. The second-order valence-corrected chi connectivity index (χ2v) is 6.89. The fraction of sp³-hybridized carbons (Fsp3) is 0.474. The lowest BCUT2D eigenvalue weighted by Gasteiger charge is -2.35. The summed E-state index contributed by atoms with van der Waals surface area (Å²) in [4.78, 5) is 19.0. The standard InChI is InChI=1S/C19H26N2O4/c1-12-17(25-13(2)20-12)18(22)21(19(3,4)5)11-14-8-9-15(23-6)10-16(14)24-7/h8-10H,11H2,1-7H3. The van der Waals surface area contributed by atoms with Crippen LogP contribution in [0.5, 0.6) is 11.5 Å². The molecule has 0 fully saturated rings. The predicted molar refractivity (Wildman–Crippen MR) is 95.1 cm³/mol. The van der Waals surface area contributed by atoms with Gasteiger partial charge in [-0.15, -0.1) is 0 Å². The Morgan fingerprint density at radius 3 is 2.36 bits per heavy atom. The number of hydrogen-bond acceptors (Lipinski definition) is 5. The molecule has 1 aromatic carbocycles. The van der Waals surface area contributed by atoms with E-state index in [0.717, 1.165) is 5.56 Å². The molecule has 0 bridgehead atoms. The number of oxazole rings is 1. The second-order valence-electron chi connectivity index (χ2n) is 6.89. The van der Waals surface area contributed by atoms with Crippen molar-refractivity contribution in [1.82, 2.24) is 9.88 Å². The molecule has 136 valence electrons. The summed E-state index contributed by atoms with van der Waals surface area (Å²) in [7, 11) is 3.21. The third-order valence-corrected chi connectivity index (χ3v) is 3.98. The van der Waals surface area contributed by atoms with Crippen molar-refractivity contribution in [3.8, 4) is 11.5 Å². The van der Waals surface area contributed by atoms with Crippen molar-refractivity contribution in [3.05, 3.63) is 41.1 Å². The van der Waals surface area contributed by atoms with Crippen molar-refractivity contribution in [2.45, 2.75) is 46.7 Å². The van der Waals surface area contributed by atoms with Crippen molar-refractivity contribution in [2.24, 2.45) is 0 Å². The van der Waals surface area contributed by atoms with Gasteiger partial charge in [0, 0.05) is 24.1 Å². The van der Waals surface area contributed by atoms with Crippen LogP contribution >= 0.6 is 0 Å². The SMILES string of the molecule is COc1ccc(CN(C(=O)c2oc(C)nc2C)C(C)(C)C)c(OC)c1. The molecular formula is C19H26N2O4. The van der Waals surface area contributed by atoms with Crippen LogP contribution in [0, 0.1) is 13.8 Å². The summed E-state index contributed by atoms with van der Waals surface area (Å²) in [5.74, 6) is 1.95. The Balaban J connectivity index is 2.40. The molecule has 6 heteroatoms. The van der Waals surface area contributed by atoms with Gasteiger partial charge in [-0.3, -0.25) is 4.79 Å². The number of benzene rings is 1. The number of rotatable bonds is 5. The van der Waals surface area contributed by atoms with Gasteiger partial charge in [0.1, 0.15) is 11.5 Å². The molecule has 0 N–H and O–H groups in total. The summed E-state index contributed by atoms with van der Waals surface area (Å²) in [5, 5.41) is 0. The van der Waals surface area contributed by atoms with E-state index in [1.807, 2.05) is 39.0 Å². The van der Waals surface area contributed by atoms with Crippen molar-refractivity contribution in [3.63, 3.8) is 0 Å². The first-order valence-electron chi connectivity index (χ1n) is 8.14. The molecule has 0 saturated carbocycles. The molecule has 0 aliphatic rings. The summed E-state index contributed by atoms with van der Waals surface area (Å²) in [6.45, 7) is 9.85. The Hall–Kier alpha value is -2.50. The molecule has 0 saturated heterocycles. The summed E-state index contributed by atoms with van der Waals surface area (Å²) < 4.78 is 16.2. The number of methoxy groups -OCH3 is 2. The zero-order chi connectivity index (χ0) is 18.8. The van der Waals surface area contributed by atoms with E-state index in [1.54, 1.807) is 33.0 Å². The van der Waals surface area contributed by atoms with E-state index in [2.05, 4.69) is 4.98 Å². The van der Waals surface area contributed by atoms with Crippen LogP contribution in [0.1, 0.15) is 48.5 Å². The maximum Gasteiger partial charge on any atom is 0.292 e. The zero-order valence-electron chi connectivity index (χ0n) is 16.0. The highest BCUT2D eigenvalue weighted by molar-refractivity contribution is 5.93. The molecule has 2 aromatic rings. The fourth-order valence-electron chi connectivity index (χ4n) is 2.62. The van der Waals surface area contributed by atoms with Gasteiger partial charge in [-0.2, -0.15) is 0 Å². The number of carbonyl (C=O) groups is 1. The summed E-state index contributed by atoms with van der Waals surface area (Å²) >= 11 is 0. The van der Waals surface area contributed by atoms with Crippen molar-refractivity contribution in [2.75, 3.05) is 14.2 Å². The van der Waals surface area contributed by atoms with Gasteiger partial charge >= 0.3 is 0 Å². The summed E-state index contributed by atoms with van der Waals surface area (Å²) in [6, 6.07) is 5.57. The van der Waals surface area contributed by atoms with E-state index in [0.29, 0.717) is 29.6 Å². The van der Waals surface area contributed by atoms with E-state index in [4.69, 9.17) is 13.9 Å². The van der Waals surface area contributed by atoms with E-state index < -0.39 is 5.54 Å². The Kier molecular flexibility index (Phi) is 5.40. The van der Waals surface area contributed by atoms with E-state index in [1.165, 1.54) is 0 Å². The Morgan fingerprint density at radius 1 is 1.20 bits per heavy atom. The van der Waals surface area contributed by atoms with Crippen LogP contribution in [-0.2, 0) is 6.54 Å². The van der Waals surface area contributed by atoms with Crippen LogP contribution in [-0.4, -0.2) is 35.5 Å². The molecule has 0 spiro atoms. The van der Waals surface area contributed by atoms with Crippen LogP contribution < -0.4 is 9.47 Å². The average molecular weight is 346 g/mol. The van der Waals surface area contributed by atoms with E-state index >= 15 is 0 Å². The summed E-state index contributed by atoms with van der Waals surface area (Å²) in [5.41, 5.74) is 1.08.